The van der Waals surface area contributed by atoms with Crippen molar-refractivity contribution in [1.82, 2.24) is 4.98 Å². The number of hydrogen-bond donors (Lipinski definition) is 0. The number of nitrogens with zero attached hydrogens (tertiary/aromatic N) is 2. The van der Waals surface area contributed by atoms with E-state index in [1.807, 2.05) is 6.92 Å². The van der Waals surface area contributed by atoms with E-state index in [0.717, 1.165) is 0 Å². The number of aromatic nitrogens is 1. The summed E-state index contributed by atoms with van der Waals surface area (Å²) in [5.74, 6) is -0.150. The molecule has 0 saturated carbocycles. The normalized spacial score (nSPS) is 18.0. The molecule has 1 saturated heterocycles. The van der Waals surface area contributed by atoms with Gasteiger partial charge in [-0.25, -0.2) is 4.90 Å². The van der Waals surface area contributed by atoms with Gasteiger partial charge in [0.05, 0.1) is 10.2 Å². The monoisotopic (exact) mass is 282 g/mol. The van der Waals surface area contributed by atoms with Crippen LogP contribution >= 0.6 is 15.9 Å². The van der Waals surface area contributed by atoms with Gasteiger partial charge in [-0.15, -0.1) is 0 Å². The molecule has 0 unspecified atom stereocenters. The molecule has 1 fully saturated rings. The van der Waals surface area contributed by atoms with Crippen LogP contribution in [0, 0.1) is 5.92 Å². The Kier molecular flexibility index (Phi) is 3.05. The molecular formula is C11H11BrN2O2. The molecule has 0 N–H and O–H groups in total. The average Bonchev–Trinajstić information content (AvgIpc) is 2.19. The van der Waals surface area contributed by atoms with E-state index < -0.39 is 0 Å². The molecule has 2 rings (SSSR count). The predicted molar refractivity (Wildman–Crippen MR) is 62.8 cm³/mol. The minimum absolute atomic E-state index is 0.136. The summed E-state index contributed by atoms with van der Waals surface area (Å²) in [7, 11) is 0. The number of hydrogen-bond acceptors (Lipinski definition) is 3. The Balaban J connectivity index is 2.37. The van der Waals surface area contributed by atoms with Crippen molar-refractivity contribution in [1.29, 1.82) is 0 Å². The quantitative estimate of drug-likeness (QED) is 0.742. The van der Waals surface area contributed by atoms with Crippen LogP contribution in [-0.4, -0.2) is 16.8 Å². The molecule has 0 aliphatic carbocycles. The van der Waals surface area contributed by atoms with Crippen LogP contribution < -0.4 is 4.90 Å². The summed E-state index contributed by atoms with van der Waals surface area (Å²) >= 11 is 3.29. The van der Waals surface area contributed by atoms with Crippen molar-refractivity contribution < 1.29 is 9.59 Å². The van der Waals surface area contributed by atoms with Crippen molar-refractivity contribution in [3.05, 3.63) is 22.9 Å². The van der Waals surface area contributed by atoms with Gasteiger partial charge in [-0.2, -0.15) is 0 Å². The first-order chi connectivity index (χ1) is 7.59. The third-order valence-electron chi connectivity index (χ3n) is 2.54. The second kappa shape index (κ2) is 4.33. The molecule has 1 aliphatic rings. The molecule has 5 heteroatoms. The van der Waals surface area contributed by atoms with Gasteiger partial charge in [0.1, 0.15) is 0 Å². The van der Waals surface area contributed by atoms with Crippen LogP contribution in [0.15, 0.2) is 22.9 Å². The third kappa shape index (κ3) is 2.00. The van der Waals surface area contributed by atoms with Gasteiger partial charge in [-0.1, -0.05) is 6.92 Å². The highest BCUT2D eigenvalue weighted by Crippen LogP contribution is 2.30. The lowest BCUT2D eigenvalue weighted by molar-refractivity contribution is -0.130. The maximum absolute atomic E-state index is 11.8. The Morgan fingerprint density at radius 1 is 1.38 bits per heavy atom. The maximum Gasteiger partial charge on any atom is 0.234 e. The molecule has 4 nitrogen and oxygen atoms in total. The fourth-order valence-electron chi connectivity index (χ4n) is 1.81. The van der Waals surface area contributed by atoms with Crippen LogP contribution in [0.3, 0.4) is 0 Å². The highest BCUT2D eigenvalue weighted by molar-refractivity contribution is 9.10. The van der Waals surface area contributed by atoms with Crippen molar-refractivity contribution >= 4 is 33.4 Å². The Morgan fingerprint density at radius 3 is 2.56 bits per heavy atom. The van der Waals surface area contributed by atoms with E-state index in [0.29, 0.717) is 23.0 Å². The SMILES string of the molecule is CC1CC(=O)N(c2ccncc2Br)C(=O)C1. The van der Waals surface area contributed by atoms with Gasteiger partial charge in [-0.05, 0) is 27.9 Å². The first-order valence-electron chi connectivity index (χ1n) is 5.05. The topological polar surface area (TPSA) is 50.3 Å². The number of carbonyl (C=O) groups is 2. The van der Waals surface area contributed by atoms with Crippen molar-refractivity contribution in [3.63, 3.8) is 0 Å². The van der Waals surface area contributed by atoms with E-state index in [2.05, 4.69) is 20.9 Å². The van der Waals surface area contributed by atoms with Gasteiger partial charge >= 0.3 is 0 Å². The molecule has 0 bridgehead atoms. The van der Waals surface area contributed by atoms with Crippen LogP contribution in [0.2, 0.25) is 0 Å². The summed E-state index contributed by atoms with van der Waals surface area (Å²) in [5.41, 5.74) is 0.580. The number of anilines is 1. The lowest BCUT2D eigenvalue weighted by Gasteiger charge is -2.28. The zero-order chi connectivity index (χ0) is 11.7. The van der Waals surface area contributed by atoms with E-state index >= 15 is 0 Å². The second-order valence-corrected chi connectivity index (χ2v) is 4.82. The van der Waals surface area contributed by atoms with Gasteiger partial charge in [-0.3, -0.25) is 14.6 Å². The van der Waals surface area contributed by atoms with Crippen LogP contribution in [0.25, 0.3) is 0 Å². The Morgan fingerprint density at radius 2 is 2.00 bits per heavy atom. The molecule has 2 amide bonds. The number of halogens is 1. The van der Waals surface area contributed by atoms with E-state index in [4.69, 9.17) is 0 Å². The van der Waals surface area contributed by atoms with Crippen molar-refractivity contribution in [2.45, 2.75) is 19.8 Å². The zero-order valence-electron chi connectivity index (χ0n) is 8.81. The fourth-order valence-corrected chi connectivity index (χ4v) is 2.24. The molecule has 0 aromatic carbocycles. The maximum atomic E-state index is 11.8. The molecule has 0 spiro atoms. The molecule has 2 heterocycles. The highest BCUT2D eigenvalue weighted by atomic mass is 79.9. The van der Waals surface area contributed by atoms with Crippen molar-refractivity contribution in [2.75, 3.05) is 4.90 Å². The zero-order valence-corrected chi connectivity index (χ0v) is 10.4. The highest BCUT2D eigenvalue weighted by Gasteiger charge is 2.32. The second-order valence-electron chi connectivity index (χ2n) is 3.96. The Hall–Kier alpha value is -1.23. The summed E-state index contributed by atoms with van der Waals surface area (Å²) in [5, 5.41) is 0. The molecule has 1 aliphatic heterocycles. The largest absolute Gasteiger partial charge is 0.274 e. The molecule has 0 atom stereocenters. The molecule has 84 valence electrons. The number of pyridine rings is 1. The van der Waals surface area contributed by atoms with Gasteiger partial charge < -0.3 is 0 Å². The van der Waals surface area contributed by atoms with E-state index in [1.54, 1.807) is 18.5 Å². The summed E-state index contributed by atoms with van der Waals surface area (Å²) in [4.78, 5) is 28.8. The molecule has 1 aromatic heterocycles. The van der Waals surface area contributed by atoms with Crippen LogP contribution in [0.4, 0.5) is 5.69 Å². The first-order valence-corrected chi connectivity index (χ1v) is 5.84. The number of amides is 2. The number of imide groups is 1. The lowest BCUT2D eigenvalue weighted by Crippen LogP contribution is -2.43. The molecular weight excluding hydrogens is 272 g/mol. The van der Waals surface area contributed by atoms with Gasteiger partial charge in [0.15, 0.2) is 0 Å². The molecule has 1 aromatic rings. The fraction of sp³-hybridized carbons (Fsp3) is 0.364. The number of rotatable bonds is 1. The van der Waals surface area contributed by atoms with Crippen LogP contribution in [0.1, 0.15) is 19.8 Å². The van der Waals surface area contributed by atoms with E-state index in [1.165, 1.54) is 4.90 Å². The van der Waals surface area contributed by atoms with E-state index in [9.17, 15) is 9.59 Å². The average molecular weight is 283 g/mol. The molecule has 0 radical (unpaired) electrons. The number of piperidine rings is 1. The van der Waals surface area contributed by atoms with Crippen LogP contribution in [0.5, 0.6) is 0 Å². The van der Waals surface area contributed by atoms with E-state index in [-0.39, 0.29) is 17.7 Å². The van der Waals surface area contributed by atoms with Gasteiger partial charge in [0, 0.05) is 25.2 Å². The summed E-state index contributed by atoms with van der Waals surface area (Å²) in [6, 6.07) is 1.66. The lowest BCUT2D eigenvalue weighted by atomic mass is 9.97. The summed E-state index contributed by atoms with van der Waals surface area (Å²) < 4.78 is 0.659. The van der Waals surface area contributed by atoms with Crippen molar-refractivity contribution in [2.24, 2.45) is 5.92 Å². The summed E-state index contributed by atoms with van der Waals surface area (Å²) in [6.07, 6.45) is 3.98. The minimum Gasteiger partial charge on any atom is -0.274 e. The summed E-state index contributed by atoms with van der Waals surface area (Å²) in [6.45, 7) is 1.91. The minimum atomic E-state index is -0.143. The van der Waals surface area contributed by atoms with Gasteiger partial charge in [0.25, 0.3) is 0 Å². The molecule has 16 heavy (non-hydrogen) atoms. The number of carbonyl (C=O) groups excluding carboxylic acids is 2. The van der Waals surface area contributed by atoms with Crippen LogP contribution in [-0.2, 0) is 9.59 Å². The van der Waals surface area contributed by atoms with Gasteiger partial charge in [0.2, 0.25) is 11.8 Å². The Labute approximate surface area is 102 Å². The Bertz CT molecular complexity index is 429. The third-order valence-corrected chi connectivity index (χ3v) is 3.15. The predicted octanol–water partition coefficient (Wildman–Crippen LogP) is 2.13. The van der Waals surface area contributed by atoms with Crippen molar-refractivity contribution in [3.8, 4) is 0 Å². The smallest absolute Gasteiger partial charge is 0.234 e. The first kappa shape index (κ1) is 11.3. The standard InChI is InChI=1S/C11H11BrN2O2/c1-7-4-10(15)14(11(16)5-7)9-2-3-13-6-8(9)12/h2-3,6-7H,4-5H2,1H3.